The van der Waals surface area contributed by atoms with Gasteiger partial charge in [-0.15, -0.1) is 0 Å². The molecule has 0 atom stereocenters. The van der Waals surface area contributed by atoms with Gasteiger partial charge in [-0.3, -0.25) is 0 Å². The fourth-order valence-electron chi connectivity index (χ4n) is 2.21. The number of benzene rings is 1. The quantitative estimate of drug-likeness (QED) is 0.654. The smallest absolute Gasteiger partial charge is 0.123 e. The number of hydrogen-bond acceptors (Lipinski definition) is 2. The number of rotatable bonds is 3. The Morgan fingerprint density at radius 3 is 2.94 bits per heavy atom. The molecule has 0 amide bonds. The number of ether oxygens (including phenoxy) is 1. The minimum absolute atomic E-state index is 0.0739. The van der Waals surface area contributed by atoms with Crippen molar-refractivity contribution in [1.82, 2.24) is 0 Å². The van der Waals surface area contributed by atoms with E-state index in [2.05, 4.69) is 31.8 Å². The van der Waals surface area contributed by atoms with Gasteiger partial charge in [0.25, 0.3) is 0 Å². The van der Waals surface area contributed by atoms with Crippen molar-refractivity contribution >= 4 is 0 Å². The predicted molar refractivity (Wildman–Crippen MR) is 74.6 cm³/mol. The third-order valence-electron chi connectivity index (χ3n) is 3.05. The van der Waals surface area contributed by atoms with Crippen LogP contribution in [0.2, 0.25) is 0 Å². The highest BCUT2D eigenvalue weighted by molar-refractivity contribution is 5.47. The summed E-state index contributed by atoms with van der Waals surface area (Å²) < 4.78 is 5.84. The molecule has 2 heteroatoms. The van der Waals surface area contributed by atoms with Gasteiger partial charge in [0.15, 0.2) is 0 Å². The van der Waals surface area contributed by atoms with Crippen LogP contribution < -0.4 is 10.5 Å². The van der Waals surface area contributed by atoms with Gasteiger partial charge >= 0.3 is 0 Å². The fourth-order valence-corrected chi connectivity index (χ4v) is 2.21. The van der Waals surface area contributed by atoms with Gasteiger partial charge < -0.3 is 10.5 Å². The number of hydrogen-bond donors (Lipinski definition) is 1. The van der Waals surface area contributed by atoms with E-state index in [4.69, 9.17) is 10.5 Å². The molecule has 2 nitrogen and oxygen atoms in total. The highest BCUT2D eigenvalue weighted by Gasteiger charge is 2.29. The molecule has 0 saturated carbocycles. The largest absolute Gasteiger partial charge is 0.487 e. The van der Waals surface area contributed by atoms with E-state index >= 15 is 0 Å². The molecule has 0 aliphatic carbocycles. The topological polar surface area (TPSA) is 35.2 Å². The first-order valence-corrected chi connectivity index (χ1v) is 6.62. The predicted octanol–water partition coefficient (Wildman–Crippen LogP) is 2.88. The zero-order chi connectivity index (χ0) is 13.0. The number of fused-ring (bicyclic) bond motifs is 1. The Morgan fingerprint density at radius 2 is 2.17 bits per heavy atom. The van der Waals surface area contributed by atoms with Gasteiger partial charge in [0, 0.05) is 18.4 Å². The second-order valence-corrected chi connectivity index (χ2v) is 5.41. The monoisotopic (exact) mass is 243 g/mol. The van der Waals surface area contributed by atoms with Crippen molar-refractivity contribution in [3.05, 3.63) is 29.3 Å². The van der Waals surface area contributed by atoms with E-state index in [0.717, 1.165) is 43.5 Å². The normalized spacial score (nSPS) is 15.5. The lowest BCUT2D eigenvalue weighted by Crippen LogP contribution is -2.24. The summed E-state index contributed by atoms with van der Waals surface area (Å²) in [5, 5.41) is 0. The van der Waals surface area contributed by atoms with Crippen LogP contribution in [-0.2, 0) is 6.42 Å². The standard InChI is InChI=1S/C16H21NO/c1-16(2)12-14-11-13(8-9-15(14)18-16)7-5-3-4-6-10-17/h8-9,11H,3-4,6,10,12,17H2,1-2H3. The van der Waals surface area contributed by atoms with Gasteiger partial charge in [0.2, 0.25) is 0 Å². The molecule has 1 heterocycles. The molecule has 0 spiro atoms. The van der Waals surface area contributed by atoms with Gasteiger partial charge in [0.05, 0.1) is 0 Å². The van der Waals surface area contributed by atoms with Crippen LogP contribution in [0.1, 0.15) is 44.2 Å². The first kappa shape index (κ1) is 13.0. The van der Waals surface area contributed by atoms with Crippen molar-refractivity contribution in [2.45, 2.75) is 45.1 Å². The van der Waals surface area contributed by atoms with E-state index < -0.39 is 0 Å². The minimum Gasteiger partial charge on any atom is -0.487 e. The van der Waals surface area contributed by atoms with Crippen LogP contribution in [0.15, 0.2) is 18.2 Å². The van der Waals surface area contributed by atoms with Crippen LogP contribution >= 0.6 is 0 Å². The Morgan fingerprint density at radius 1 is 1.33 bits per heavy atom. The molecule has 2 rings (SSSR count). The molecular formula is C16H21NO. The third kappa shape index (κ3) is 3.27. The van der Waals surface area contributed by atoms with Crippen LogP contribution in [0.5, 0.6) is 5.75 Å². The van der Waals surface area contributed by atoms with Gasteiger partial charge in [-0.1, -0.05) is 11.8 Å². The molecule has 1 aromatic carbocycles. The van der Waals surface area contributed by atoms with Crippen molar-refractivity contribution in [3.63, 3.8) is 0 Å². The summed E-state index contributed by atoms with van der Waals surface area (Å²) in [5.74, 6) is 7.42. The van der Waals surface area contributed by atoms with E-state index in [1.54, 1.807) is 0 Å². The molecule has 0 saturated heterocycles. The maximum Gasteiger partial charge on any atom is 0.123 e. The first-order valence-electron chi connectivity index (χ1n) is 6.62. The SMILES string of the molecule is CC1(C)Cc2cc(C#CCCCCN)ccc2O1. The molecule has 96 valence electrons. The summed E-state index contributed by atoms with van der Waals surface area (Å²) in [6, 6.07) is 6.23. The molecule has 0 radical (unpaired) electrons. The highest BCUT2D eigenvalue weighted by atomic mass is 16.5. The molecule has 0 unspecified atom stereocenters. The summed E-state index contributed by atoms with van der Waals surface area (Å²) in [5.41, 5.74) is 7.73. The van der Waals surface area contributed by atoms with Crippen LogP contribution in [-0.4, -0.2) is 12.1 Å². The van der Waals surface area contributed by atoms with Crippen molar-refractivity contribution in [2.75, 3.05) is 6.54 Å². The summed E-state index contributed by atoms with van der Waals surface area (Å²) in [6.45, 7) is 4.99. The van der Waals surface area contributed by atoms with Gasteiger partial charge in [0.1, 0.15) is 11.4 Å². The summed E-state index contributed by atoms with van der Waals surface area (Å²) in [7, 11) is 0. The molecular weight excluding hydrogens is 222 g/mol. The molecule has 0 aromatic heterocycles. The Bertz CT molecular complexity index is 480. The Hall–Kier alpha value is -1.46. The summed E-state index contributed by atoms with van der Waals surface area (Å²) in [4.78, 5) is 0. The van der Waals surface area contributed by atoms with Crippen molar-refractivity contribution in [3.8, 4) is 17.6 Å². The number of nitrogens with two attached hydrogens (primary N) is 1. The molecule has 0 fully saturated rings. The summed E-state index contributed by atoms with van der Waals surface area (Å²) in [6.07, 6.45) is 4.03. The minimum atomic E-state index is -0.0739. The number of unbranched alkanes of at least 4 members (excludes halogenated alkanes) is 2. The second kappa shape index (κ2) is 5.46. The maximum absolute atomic E-state index is 5.84. The van der Waals surface area contributed by atoms with Crippen LogP contribution in [0.25, 0.3) is 0 Å². The van der Waals surface area contributed by atoms with Crippen LogP contribution in [0.4, 0.5) is 0 Å². The van der Waals surface area contributed by atoms with Gasteiger partial charge in [-0.05, 0) is 57.0 Å². The Kier molecular flexibility index (Phi) is 3.93. The third-order valence-corrected chi connectivity index (χ3v) is 3.05. The van der Waals surface area contributed by atoms with E-state index in [1.165, 1.54) is 5.56 Å². The fraction of sp³-hybridized carbons (Fsp3) is 0.500. The van der Waals surface area contributed by atoms with Gasteiger partial charge in [-0.2, -0.15) is 0 Å². The van der Waals surface area contributed by atoms with E-state index in [9.17, 15) is 0 Å². The molecule has 18 heavy (non-hydrogen) atoms. The van der Waals surface area contributed by atoms with Crippen molar-refractivity contribution in [1.29, 1.82) is 0 Å². The molecule has 1 aliphatic heterocycles. The Balaban J connectivity index is 2.00. The van der Waals surface area contributed by atoms with Gasteiger partial charge in [-0.25, -0.2) is 0 Å². The first-order chi connectivity index (χ1) is 8.61. The molecule has 1 aliphatic rings. The lowest BCUT2D eigenvalue weighted by atomic mass is 10.0. The zero-order valence-electron chi connectivity index (χ0n) is 11.3. The van der Waals surface area contributed by atoms with Crippen molar-refractivity contribution < 1.29 is 4.74 Å². The highest BCUT2D eigenvalue weighted by Crippen LogP contribution is 2.34. The van der Waals surface area contributed by atoms with E-state index in [0.29, 0.717) is 0 Å². The van der Waals surface area contributed by atoms with Crippen molar-refractivity contribution in [2.24, 2.45) is 5.73 Å². The van der Waals surface area contributed by atoms with Crippen LogP contribution in [0, 0.1) is 11.8 Å². The average molecular weight is 243 g/mol. The van der Waals surface area contributed by atoms with Crippen LogP contribution in [0.3, 0.4) is 0 Å². The molecule has 1 aromatic rings. The Labute approximate surface area is 110 Å². The summed E-state index contributed by atoms with van der Waals surface area (Å²) >= 11 is 0. The lowest BCUT2D eigenvalue weighted by molar-refractivity contribution is 0.138. The lowest BCUT2D eigenvalue weighted by Gasteiger charge is -2.16. The second-order valence-electron chi connectivity index (χ2n) is 5.41. The molecule has 0 bridgehead atoms. The average Bonchev–Trinajstić information content (AvgIpc) is 2.62. The van der Waals surface area contributed by atoms with E-state index in [-0.39, 0.29) is 5.60 Å². The zero-order valence-corrected chi connectivity index (χ0v) is 11.3. The maximum atomic E-state index is 5.84. The van der Waals surface area contributed by atoms with E-state index in [1.807, 2.05) is 12.1 Å². The molecule has 2 N–H and O–H groups in total.